The van der Waals surface area contributed by atoms with Crippen molar-refractivity contribution in [3.63, 3.8) is 0 Å². The van der Waals surface area contributed by atoms with Crippen LogP contribution in [0, 0.1) is 0 Å². The number of carbonyl (C=O) groups excluding carboxylic acids is 3. The van der Waals surface area contributed by atoms with Crippen molar-refractivity contribution in [3.8, 4) is 0 Å². The van der Waals surface area contributed by atoms with Gasteiger partial charge in [-0.3, -0.25) is 14.5 Å². The monoisotopic (exact) mass is 310 g/mol. The molecule has 3 heterocycles. The van der Waals surface area contributed by atoms with Gasteiger partial charge in [0.1, 0.15) is 9.98 Å². The quantitative estimate of drug-likeness (QED) is 0.474. The number of imide groups is 2. The van der Waals surface area contributed by atoms with E-state index in [-0.39, 0.29) is 17.5 Å². The van der Waals surface area contributed by atoms with E-state index < -0.39 is 17.8 Å². The number of nitrogens with zero attached hydrogens (tertiary/aromatic N) is 4. The van der Waals surface area contributed by atoms with Crippen molar-refractivity contribution in [1.29, 1.82) is 0 Å². The number of thiophene rings is 1. The van der Waals surface area contributed by atoms with Crippen molar-refractivity contribution in [2.75, 3.05) is 7.05 Å². The first-order valence-electron chi connectivity index (χ1n) is 5.52. The minimum Gasteiger partial charge on any atom is -0.263 e. The van der Waals surface area contributed by atoms with E-state index in [4.69, 9.17) is 11.6 Å². The second kappa shape index (κ2) is 4.50. The van der Waals surface area contributed by atoms with E-state index >= 15 is 0 Å². The molecule has 1 fully saturated rings. The first-order chi connectivity index (χ1) is 9.49. The van der Waals surface area contributed by atoms with Gasteiger partial charge in [-0.05, 0) is 11.4 Å². The lowest BCUT2D eigenvalue weighted by atomic mass is 10.4. The van der Waals surface area contributed by atoms with Gasteiger partial charge < -0.3 is 0 Å². The molecule has 0 atom stereocenters. The van der Waals surface area contributed by atoms with Crippen LogP contribution in [0.15, 0.2) is 11.4 Å². The number of amides is 4. The molecule has 7 nitrogen and oxygen atoms in total. The fraction of sp³-hybridized carbons (Fsp3) is 0.182. The van der Waals surface area contributed by atoms with Crippen LogP contribution in [0.3, 0.4) is 0 Å². The van der Waals surface area contributed by atoms with Gasteiger partial charge in [0, 0.05) is 12.4 Å². The van der Waals surface area contributed by atoms with E-state index in [0.29, 0.717) is 10.2 Å². The van der Waals surface area contributed by atoms with Crippen LogP contribution in [0.1, 0.15) is 5.82 Å². The van der Waals surface area contributed by atoms with E-state index in [2.05, 4.69) is 9.97 Å². The number of aromatic nitrogens is 2. The van der Waals surface area contributed by atoms with Gasteiger partial charge in [0.05, 0.1) is 6.54 Å². The SMILES string of the molecule is CN1C(=O)C(=O)N(Cc2nc(Cl)c3ccsc3n2)C1=O. The zero-order chi connectivity index (χ0) is 14.4. The summed E-state index contributed by atoms with van der Waals surface area (Å²) >= 11 is 7.38. The summed E-state index contributed by atoms with van der Waals surface area (Å²) in [7, 11) is 1.25. The average Bonchev–Trinajstić information content (AvgIpc) is 2.95. The van der Waals surface area contributed by atoms with Crippen LogP contribution in [0.5, 0.6) is 0 Å². The molecular weight excluding hydrogens is 304 g/mol. The smallest absolute Gasteiger partial charge is 0.263 e. The topological polar surface area (TPSA) is 83.5 Å². The van der Waals surface area contributed by atoms with Crippen LogP contribution in [-0.2, 0) is 16.1 Å². The van der Waals surface area contributed by atoms with Gasteiger partial charge in [0.15, 0.2) is 5.82 Å². The lowest BCUT2D eigenvalue weighted by molar-refractivity contribution is -0.143. The minimum absolute atomic E-state index is 0.179. The summed E-state index contributed by atoms with van der Waals surface area (Å²) in [4.78, 5) is 45.3. The molecule has 0 unspecified atom stereocenters. The summed E-state index contributed by atoms with van der Waals surface area (Å²) in [6.07, 6.45) is 0. The average molecular weight is 311 g/mol. The van der Waals surface area contributed by atoms with Gasteiger partial charge in [-0.25, -0.2) is 19.7 Å². The van der Waals surface area contributed by atoms with Crippen molar-refractivity contribution >= 4 is 51.0 Å². The molecule has 2 aromatic heterocycles. The van der Waals surface area contributed by atoms with Crippen LogP contribution < -0.4 is 0 Å². The molecule has 1 saturated heterocycles. The molecule has 4 amide bonds. The van der Waals surface area contributed by atoms with Crippen LogP contribution in [0.25, 0.3) is 10.2 Å². The lowest BCUT2D eigenvalue weighted by Gasteiger charge is -2.11. The van der Waals surface area contributed by atoms with Gasteiger partial charge in [-0.15, -0.1) is 11.3 Å². The van der Waals surface area contributed by atoms with Gasteiger partial charge in [-0.2, -0.15) is 0 Å². The first kappa shape index (κ1) is 12.9. The Bertz CT molecular complexity index is 759. The molecule has 3 rings (SSSR count). The highest BCUT2D eigenvalue weighted by Gasteiger charge is 2.42. The van der Waals surface area contributed by atoms with Crippen LogP contribution in [-0.4, -0.2) is 44.7 Å². The number of likely N-dealkylation sites (N-methyl/N-ethyl adjacent to an activating group) is 1. The van der Waals surface area contributed by atoms with Crippen LogP contribution in [0.4, 0.5) is 4.79 Å². The van der Waals surface area contributed by atoms with E-state index in [1.807, 2.05) is 5.38 Å². The third kappa shape index (κ3) is 1.84. The molecule has 0 radical (unpaired) electrons. The van der Waals surface area contributed by atoms with E-state index in [1.54, 1.807) is 6.07 Å². The molecule has 1 aliphatic rings. The normalized spacial score (nSPS) is 15.8. The number of urea groups is 1. The minimum atomic E-state index is -0.886. The lowest BCUT2D eigenvalue weighted by Crippen LogP contribution is -2.31. The molecule has 9 heteroatoms. The maximum Gasteiger partial charge on any atom is 0.334 e. The Morgan fingerprint density at radius 2 is 2.00 bits per heavy atom. The summed E-state index contributed by atoms with van der Waals surface area (Å²) in [5.41, 5.74) is 0. The summed E-state index contributed by atoms with van der Waals surface area (Å²) < 4.78 is 0. The van der Waals surface area contributed by atoms with Gasteiger partial charge in [0.25, 0.3) is 0 Å². The summed E-state index contributed by atoms with van der Waals surface area (Å²) in [6, 6.07) is 1.10. The Labute approximate surface area is 121 Å². The standard InChI is InChI=1S/C11H7ClN4O3S/c1-15-9(17)10(18)16(11(15)19)4-6-13-7(12)5-2-3-20-8(5)14-6/h2-3H,4H2,1H3. The number of fused-ring (bicyclic) bond motifs is 1. The molecule has 0 N–H and O–H groups in total. The second-order valence-corrected chi connectivity index (χ2v) is 5.36. The Hall–Kier alpha value is -2.06. The fourth-order valence-electron chi connectivity index (χ4n) is 1.83. The van der Waals surface area contributed by atoms with Crippen molar-refractivity contribution in [2.24, 2.45) is 0 Å². The molecular formula is C11H7ClN4O3S. The maximum atomic E-state index is 11.8. The Kier molecular flexibility index (Phi) is 2.91. The van der Waals surface area contributed by atoms with E-state index in [1.165, 1.54) is 18.4 Å². The molecule has 0 bridgehead atoms. The molecule has 0 aliphatic carbocycles. The third-order valence-corrected chi connectivity index (χ3v) is 3.97. The van der Waals surface area contributed by atoms with Gasteiger partial charge in [-0.1, -0.05) is 11.6 Å². The van der Waals surface area contributed by atoms with Crippen LogP contribution >= 0.6 is 22.9 Å². The van der Waals surface area contributed by atoms with E-state index in [9.17, 15) is 14.4 Å². The molecule has 2 aromatic rings. The number of carbonyl (C=O) groups is 3. The predicted molar refractivity (Wildman–Crippen MR) is 71.1 cm³/mol. The number of rotatable bonds is 2. The summed E-state index contributed by atoms with van der Waals surface area (Å²) in [5.74, 6) is -1.53. The third-order valence-electron chi connectivity index (χ3n) is 2.87. The van der Waals surface area contributed by atoms with Crippen LogP contribution in [0.2, 0.25) is 5.15 Å². The van der Waals surface area contributed by atoms with Gasteiger partial charge in [0.2, 0.25) is 0 Å². The van der Waals surface area contributed by atoms with Crippen molar-refractivity contribution in [2.45, 2.75) is 6.54 Å². The highest BCUT2D eigenvalue weighted by atomic mass is 35.5. The van der Waals surface area contributed by atoms with Crippen molar-refractivity contribution in [1.82, 2.24) is 19.8 Å². The number of halogens is 1. The molecule has 0 spiro atoms. The fourth-order valence-corrected chi connectivity index (χ4v) is 2.91. The first-order valence-corrected chi connectivity index (χ1v) is 6.78. The maximum absolute atomic E-state index is 11.8. The highest BCUT2D eigenvalue weighted by molar-refractivity contribution is 7.16. The number of hydrogen-bond donors (Lipinski definition) is 0. The Morgan fingerprint density at radius 1 is 1.25 bits per heavy atom. The molecule has 102 valence electrons. The van der Waals surface area contributed by atoms with Crippen molar-refractivity contribution in [3.05, 3.63) is 22.4 Å². The zero-order valence-corrected chi connectivity index (χ0v) is 11.7. The predicted octanol–water partition coefficient (Wildman–Crippen LogP) is 1.27. The second-order valence-electron chi connectivity index (χ2n) is 4.11. The Balaban J connectivity index is 1.95. The molecule has 0 saturated carbocycles. The zero-order valence-electron chi connectivity index (χ0n) is 10.2. The van der Waals surface area contributed by atoms with Crippen molar-refractivity contribution < 1.29 is 14.4 Å². The number of hydrogen-bond acceptors (Lipinski definition) is 6. The Morgan fingerprint density at radius 3 is 2.65 bits per heavy atom. The molecule has 20 heavy (non-hydrogen) atoms. The van der Waals surface area contributed by atoms with Gasteiger partial charge >= 0.3 is 17.8 Å². The summed E-state index contributed by atoms with van der Waals surface area (Å²) in [6.45, 7) is -0.179. The largest absolute Gasteiger partial charge is 0.334 e. The highest BCUT2D eigenvalue weighted by Crippen LogP contribution is 2.25. The molecule has 1 aliphatic heterocycles. The summed E-state index contributed by atoms with van der Waals surface area (Å²) in [5, 5.41) is 2.79. The van der Waals surface area contributed by atoms with E-state index in [0.717, 1.165) is 9.80 Å². The molecule has 0 aromatic carbocycles.